The van der Waals surface area contributed by atoms with Gasteiger partial charge in [0.05, 0.1) is 5.92 Å². The molecule has 1 rings (SSSR count). The van der Waals surface area contributed by atoms with Gasteiger partial charge in [-0.3, -0.25) is 4.79 Å². The van der Waals surface area contributed by atoms with E-state index in [4.69, 9.17) is 9.47 Å². The maximum absolute atomic E-state index is 14.0. The zero-order valence-corrected chi connectivity index (χ0v) is 13.8. The fourth-order valence-electron chi connectivity index (χ4n) is 1.87. The molecule has 0 radical (unpaired) electrons. The highest BCUT2D eigenvalue weighted by molar-refractivity contribution is 5.84. The van der Waals surface area contributed by atoms with Crippen molar-refractivity contribution < 1.29 is 23.5 Å². The number of hydrogen-bond acceptors (Lipinski definition) is 4. The van der Waals surface area contributed by atoms with E-state index in [9.17, 15) is 14.0 Å². The SMILES string of the molecule is COCNC(=O)C(CNC(=O)OC(C)(C)C)c1ccccc1F. The molecule has 0 bridgehead atoms. The fourth-order valence-corrected chi connectivity index (χ4v) is 1.87. The molecule has 0 aliphatic heterocycles. The summed E-state index contributed by atoms with van der Waals surface area (Å²) in [5.74, 6) is -1.86. The second-order valence-corrected chi connectivity index (χ2v) is 5.93. The third-order valence-electron chi connectivity index (χ3n) is 2.84. The molecule has 0 heterocycles. The molecule has 0 fully saturated rings. The Bertz CT molecular complexity index is 543. The van der Waals surface area contributed by atoms with Crippen molar-refractivity contribution in [2.75, 3.05) is 20.4 Å². The van der Waals surface area contributed by atoms with E-state index in [-0.39, 0.29) is 18.8 Å². The highest BCUT2D eigenvalue weighted by atomic mass is 19.1. The van der Waals surface area contributed by atoms with Crippen LogP contribution in [0.4, 0.5) is 9.18 Å². The van der Waals surface area contributed by atoms with Gasteiger partial charge in [0.1, 0.15) is 18.1 Å². The first-order valence-corrected chi connectivity index (χ1v) is 7.22. The standard InChI is InChI=1S/C16H23FN2O4/c1-16(2,3)23-15(21)18-9-12(14(20)19-10-22-4)11-7-5-6-8-13(11)17/h5-8,12H,9-10H2,1-4H3,(H,18,21)(H,19,20). The predicted octanol–water partition coefficient (Wildman–Crippen LogP) is 2.15. The van der Waals surface area contributed by atoms with E-state index in [0.717, 1.165) is 0 Å². The quantitative estimate of drug-likeness (QED) is 0.786. The largest absolute Gasteiger partial charge is 0.444 e. The summed E-state index contributed by atoms with van der Waals surface area (Å²) >= 11 is 0. The van der Waals surface area contributed by atoms with Crippen molar-refractivity contribution in [2.45, 2.75) is 32.3 Å². The Labute approximate surface area is 135 Å². The minimum absolute atomic E-state index is 0.00375. The highest BCUT2D eigenvalue weighted by Crippen LogP contribution is 2.19. The third kappa shape index (κ3) is 6.65. The van der Waals surface area contributed by atoms with Gasteiger partial charge >= 0.3 is 6.09 Å². The molecule has 1 aromatic carbocycles. The molecule has 1 unspecified atom stereocenters. The zero-order valence-electron chi connectivity index (χ0n) is 13.8. The second-order valence-electron chi connectivity index (χ2n) is 5.93. The number of amides is 2. The van der Waals surface area contributed by atoms with E-state index in [1.807, 2.05) is 0 Å². The minimum atomic E-state index is -0.890. The first-order chi connectivity index (χ1) is 10.7. The summed E-state index contributed by atoms with van der Waals surface area (Å²) < 4.78 is 23.9. The van der Waals surface area contributed by atoms with Crippen LogP contribution in [0.3, 0.4) is 0 Å². The average Bonchev–Trinajstić information content (AvgIpc) is 2.45. The lowest BCUT2D eigenvalue weighted by atomic mass is 9.97. The number of ether oxygens (including phenoxy) is 2. The molecular weight excluding hydrogens is 303 g/mol. The van der Waals surface area contributed by atoms with Crippen molar-refractivity contribution in [2.24, 2.45) is 0 Å². The third-order valence-corrected chi connectivity index (χ3v) is 2.84. The first-order valence-electron chi connectivity index (χ1n) is 7.22. The molecule has 23 heavy (non-hydrogen) atoms. The van der Waals surface area contributed by atoms with E-state index in [1.54, 1.807) is 26.8 Å². The number of alkyl carbamates (subject to hydrolysis) is 1. The van der Waals surface area contributed by atoms with Crippen LogP contribution >= 0.6 is 0 Å². The van der Waals surface area contributed by atoms with Crippen LogP contribution in [-0.4, -0.2) is 38.0 Å². The van der Waals surface area contributed by atoms with Gasteiger partial charge in [0.15, 0.2) is 0 Å². The Morgan fingerprint density at radius 3 is 2.43 bits per heavy atom. The van der Waals surface area contributed by atoms with Crippen molar-refractivity contribution >= 4 is 12.0 Å². The summed E-state index contributed by atoms with van der Waals surface area (Å²) in [6.07, 6.45) is -0.668. The molecule has 0 aliphatic carbocycles. The van der Waals surface area contributed by atoms with Crippen molar-refractivity contribution in [1.82, 2.24) is 10.6 Å². The number of halogens is 1. The van der Waals surface area contributed by atoms with Crippen molar-refractivity contribution in [3.05, 3.63) is 35.6 Å². The van der Waals surface area contributed by atoms with Crippen LogP contribution in [0.2, 0.25) is 0 Å². The van der Waals surface area contributed by atoms with Crippen LogP contribution in [0.5, 0.6) is 0 Å². The maximum atomic E-state index is 14.0. The average molecular weight is 326 g/mol. The molecular formula is C16H23FN2O4. The lowest BCUT2D eigenvalue weighted by Gasteiger charge is -2.22. The van der Waals surface area contributed by atoms with Gasteiger partial charge in [0.25, 0.3) is 0 Å². The Hall–Kier alpha value is -2.15. The normalized spacial score (nSPS) is 12.4. The molecule has 2 N–H and O–H groups in total. The molecule has 7 heteroatoms. The van der Waals surface area contributed by atoms with E-state index in [0.29, 0.717) is 0 Å². The summed E-state index contributed by atoms with van der Waals surface area (Å²) in [4.78, 5) is 23.9. The number of hydrogen-bond donors (Lipinski definition) is 2. The van der Waals surface area contributed by atoms with Gasteiger partial charge in [-0.2, -0.15) is 0 Å². The summed E-state index contributed by atoms with van der Waals surface area (Å²) in [5, 5.41) is 5.00. The molecule has 6 nitrogen and oxygen atoms in total. The van der Waals surface area contributed by atoms with E-state index >= 15 is 0 Å². The molecule has 0 saturated carbocycles. The number of carbonyl (C=O) groups is 2. The van der Waals surface area contributed by atoms with Crippen LogP contribution < -0.4 is 10.6 Å². The van der Waals surface area contributed by atoms with Crippen molar-refractivity contribution in [3.63, 3.8) is 0 Å². The molecule has 0 saturated heterocycles. The lowest BCUT2D eigenvalue weighted by Crippen LogP contribution is -2.40. The molecule has 1 atom stereocenters. The van der Waals surface area contributed by atoms with Crippen LogP contribution in [0, 0.1) is 5.82 Å². The van der Waals surface area contributed by atoms with Gasteiger partial charge in [-0.25, -0.2) is 9.18 Å². The monoisotopic (exact) mass is 326 g/mol. The molecule has 1 aromatic rings. The van der Waals surface area contributed by atoms with Gasteiger partial charge in [-0.1, -0.05) is 18.2 Å². The number of methoxy groups -OCH3 is 1. The van der Waals surface area contributed by atoms with Crippen LogP contribution in [0.15, 0.2) is 24.3 Å². The van der Waals surface area contributed by atoms with Gasteiger partial charge < -0.3 is 20.1 Å². The topological polar surface area (TPSA) is 76.7 Å². The molecule has 128 valence electrons. The number of carbonyl (C=O) groups excluding carboxylic acids is 2. The van der Waals surface area contributed by atoms with Gasteiger partial charge in [-0.05, 0) is 26.8 Å². The molecule has 0 aromatic heterocycles. The molecule has 2 amide bonds. The van der Waals surface area contributed by atoms with E-state index in [2.05, 4.69) is 10.6 Å². The summed E-state index contributed by atoms with van der Waals surface area (Å²) in [7, 11) is 1.43. The minimum Gasteiger partial charge on any atom is -0.444 e. The van der Waals surface area contributed by atoms with Gasteiger partial charge in [0.2, 0.25) is 5.91 Å². The highest BCUT2D eigenvalue weighted by Gasteiger charge is 2.25. The Kier molecular flexibility index (Phi) is 6.96. The smallest absolute Gasteiger partial charge is 0.407 e. The Morgan fingerprint density at radius 1 is 1.22 bits per heavy atom. The van der Waals surface area contributed by atoms with Crippen LogP contribution in [0.25, 0.3) is 0 Å². The second kappa shape index (κ2) is 8.47. The lowest BCUT2D eigenvalue weighted by molar-refractivity contribution is -0.124. The molecule has 0 aliphatic rings. The van der Waals surface area contributed by atoms with Crippen LogP contribution in [-0.2, 0) is 14.3 Å². The van der Waals surface area contributed by atoms with E-state index < -0.39 is 29.3 Å². The summed E-state index contributed by atoms with van der Waals surface area (Å²) in [6, 6.07) is 5.93. The number of rotatable bonds is 6. The van der Waals surface area contributed by atoms with Crippen molar-refractivity contribution in [1.29, 1.82) is 0 Å². The first kappa shape index (κ1) is 18.9. The van der Waals surface area contributed by atoms with Crippen molar-refractivity contribution in [3.8, 4) is 0 Å². The fraction of sp³-hybridized carbons (Fsp3) is 0.500. The van der Waals surface area contributed by atoms with Crippen LogP contribution in [0.1, 0.15) is 32.3 Å². The summed E-state index contributed by atoms with van der Waals surface area (Å²) in [5.41, 5.74) is -0.465. The Balaban J connectivity index is 2.82. The van der Waals surface area contributed by atoms with Gasteiger partial charge in [0, 0.05) is 19.2 Å². The molecule has 0 spiro atoms. The maximum Gasteiger partial charge on any atom is 0.407 e. The summed E-state index contributed by atoms with van der Waals surface area (Å²) in [6.45, 7) is 5.09. The van der Waals surface area contributed by atoms with E-state index in [1.165, 1.54) is 25.3 Å². The van der Waals surface area contributed by atoms with Gasteiger partial charge in [-0.15, -0.1) is 0 Å². The Morgan fingerprint density at radius 2 is 1.87 bits per heavy atom. The zero-order chi connectivity index (χ0) is 17.5. The number of nitrogens with one attached hydrogen (secondary N) is 2. The predicted molar refractivity (Wildman–Crippen MR) is 83.4 cm³/mol. The number of benzene rings is 1.